The van der Waals surface area contributed by atoms with Crippen molar-refractivity contribution in [1.82, 2.24) is 24.2 Å². The second kappa shape index (κ2) is 5.78. The first-order chi connectivity index (χ1) is 12.6. The van der Waals surface area contributed by atoms with Gasteiger partial charge in [0.25, 0.3) is 5.91 Å². The standard InChI is InChI=1S/C18H19N5O2S/c1-21-6-4-13(20-21)17(24)22-7-5-18(11-22)12-23-14(15-3-2-8-26-15)9-19-16(23)10-25-18/h2-4,6,8-9H,5,7,10-12H2,1H3/t18-/m1/s1. The Kier molecular flexibility index (Phi) is 3.51. The number of rotatable bonds is 2. The Labute approximate surface area is 154 Å². The van der Waals surface area contributed by atoms with Crippen molar-refractivity contribution in [1.29, 1.82) is 0 Å². The van der Waals surface area contributed by atoms with Gasteiger partial charge in [-0.15, -0.1) is 11.3 Å². The van der Waals surface area contributed by atoms with Crippen LogP contribution in [0.1, 0.15) is 22.7 Å². The van der Waals surface area contributed by atoms with Crippen molar-refractivity contribution in [2.45, 2.75) is 25.2 Å². The predicted octanol–water partition coefficient (Wildman–Crippen LogP) is 2.16. The van der Waals surface area contributed by atoms with Crippen molar-refractivity contribution in [3.8, 4) is 10.6 Å². The number of likely N-dealkylation sites (tertiary alicyclic amines) is 1. The fourth-order valence-electron chi connectivity index (χ4n) is 3.83. The number of ether oxygens (including phenoxy) is 1. The van der Waals surface area contributed by atoms with Crippen LogP contribution in [0.2, 0.25) is 0 Å². The highest BCUT2D eigenvalue weighted by Gasteiger charge is 2.45. The number of fused-ring (bicyclic) bond motifs is 1. The summed E-state index contributed by atoms with van der Waals surface area (Å²) in [5.41, 5.74) is 1.28. The van der Waals surface area contributed by atoms with E-state index in [1.807, 2.05) is 18.1 Å². The molecule has 0 bridgehead atoms. The molecular weight excluding hydrogens is 350 g/mol. The minimum atomic E-state index is -0.343. The van der Waals surface area contributed by atoms with Gasteiger partial charge in [0.1, 0.15) is 23.7 Å². The van der Waals surface area contributed by atoms with Crippen LogP contribution in [-0.2, 0) is 24.9 Å². The molecule has 2 aliphatic rings. The number of imidazole rings is 1. The normalized spacial score (nSPS) is 22.1. The maximum atomic E-state index is 12.7. The number of aryl methyl sites for hydroxylation is 1. The third kappa shape index (κ3) is 2.48. The van der Waals surface area contributed by atoms with E-state index in [1.165, 1.54) is 4.88 Å². The average molecular weight is 369 g/mol. The molecule has 8 heteroatoms. The molecule has 0 unspecified atom stereocenters. The number of hydrogen-bond acceptors (Lipinski definition) is 5. The minimum Gasteiger partial charge on any atom is -0.363 e. The molecule has 1 spiro atoms. The monoisotopic (exact) mass is 369 g/mol. The molecular formula is C18H19N5O2S. The zero-order chi connectivity index (χ0) is 17.7. The molecule has 0 aliphatic carbocycles. The molecule has 0 N–H and O–H groups in total. The molecule has 3 aromatic rings. The SMILES string of the molecule is Cn1ccc(C(=O)N2CC[C@@]3(C2)Cn2c(-c4cccs4)cnc2CO3)n1. The van der Waals surface area contributed by atoms with Gasteiger partial charge in [-0.3, -0.25) is 9.48 Å². The molecule has 5 rings (SSSR count). The first-order valence-electron chi connectivity index (χ1n) is 8.65. The zero-order valence-electron chi connectivity index (χ0n) is 14.5. The Hall–Kier alpha value is -2.45. The van der Waals surface area contributed by atoms with E-state index in [1.54, 1.807) is 28.3 Å². The summed E-state index contributed by atoms with van der Waals surface area (Å²) in [5.74, 6) is 0.925. The molecule has 1 saturated heterocycles. The highest BCUT2D eigenvalue weighted by Crippen LogP contribution is 2.36. The zero-order valence-corrected chi connectivity index (χ0v) is 15.3. The van der Waals surface area contributed by atoms with Crippen LogP contribution in [0.4, 0.5) is 0 Å². The largest absolute Gasteiger partial charge is 0.363 e. The third-order valence-electron chi connectivity index (χ3n) is 5.20. The summed E-state index contributed by atoms with van der Waals surface area (Å²) in [7, 11) is 1.82. The van der Waals surface area contributed by atoms with Gasteiger partial charge in [0.15, 0.2) is 0 Å². The first kappa shape index (κ1) is 15.8. The highest BCUT2D eigenvalue weighted by molar-refractivity contribution is 7.13. The summed E-state index contributed by atoms with van der Waals surface area (Å²) in [6.07, 6.45) is 4.55. The molecule has 0 radical (unpaired) electrons. The number of nitrogens with zero attached hydrogens (tertiary/aromatic N) is 5. The van der Waals surface area contributed by atoms with Crippen LogP contribution in [0, 0.1) is 0 Å². The fourth-order valence-corrected chi connectivity index (χ4v) is 4.58. The molecule has 0 saturated carbocycles. The van der Waals surface area contributed by atoms with Gasteiger partial charge < -0.3 is 14.2 Å². The van der Waals surface area contributed by atoms with Crippen molar-refractivity contribution in [3.05, 3.63) is 47.5 Å². The number of thiophene rings is 1. The van der Waals surface area contributed by atoms with Crippen LogP contribution in [0.25, 0.3) is 10.6 Å². The lowest BCUT2D eigenvalue weighted by atomic mass is 10.0. The molecule has 134 valence electrons. The van der Waals surface area contributed by atoms with Gasteiger partial charge in [0.2, 0.25) is 0 Å². The van der Waals surface area contributed by atoms with Crippen molar-refractivity contribution < 1.29 is 9.53 Å². The topological polar surface area (TPSA) is 65.2 Å². The first-order valence-corrected chi connectivity index (χ1v) is 9.53. The van der Waals surface area contributed by atoms with E-state index >= 15 is 0 Å². The maximum absolute atomic E-state index is 12.7. The van der Waals surface area contributed by atoms with Gasteiger partial charge in [0.05, 0.1) is 29.9 Å². The predicted molar refractivity (Wildman–Crippen MR) is 96.8 cm³/mol. The van der Waals surface area contributed by atoms with Gasteiger partial charge in [-0.1, -0.05) is 6.07 Å². The lowest BCUT2D eigenvalue weighted by Gasteiger charge is -2.35. The Balaban J connectivity index is 1.39. The van der Waals surface area contributed by atoms with Crippen molar-refractivity contribution in [2.75, 3.05) is 13.1 Å². The van der Waals surface area contributed by atoms with E-state index in [0.29, 0.717) is 25.4 Å². The number of carbonyl (C=O) groups is 1. The Bertz CT molecular complexity index is 960. The maximum Gasteiger partial charge on any atom is 0.274 e. The molecule has 7 nitrogen and oxygen atoms in total. The van der Waals surface area contributed by atoms with Crippen LogP contribution >= 0.6 is 11.3 Å². The summed E-state index contributed by atoms with van der Waals surface area (Å²) in [6, 6.07) is 5.93. The van der Waals surface area contributed by atoms with Crippen molar-refractivity contribution in [3.63, 3.8) is 0 Å². The molecule has 0 aromatic carbocycles. The van der Waals surface area contributed by atoms with Gasteiger partial charge in [-0.2, -0.15) is 5.10 Å². The lowest BCUT2D eigenvalue weighted by molar-refractivity contribution is -0.0804. The van der Waals surface area contributed by atoms with Crippen LogP contribution < -0.4 is 0 Å². The van der Waals surface area contributed by atoms with Crippen LogP contribution in [-0.4, -0.2) is 48.8 Å². The van der Waals surface area contributed by atoms with Gasteiger partial charge in [-0.25, -0.2) is 4.98 Å². The molecule has 1 fully saturated rings. The summed E-state index contributed by atoms with van der Waals surface area (Å²) in [4.78, 5) is 20.3. The van der Waals surface area contributed by atoms with E-state index < -0.39 is 0 Å². The Morgan fingerprint density at radius 1 is 1.35 bits per heavy atom. The molecule has 26 heavy (non-hydrogen) atoms. The number of aromatic nitrogens is 4. The van der Waals surface area contributed by atoms with E-state index in [4.69, 9.17) is 4.74 Å². The quantitative estimate of drug-likeness (QED) is 0.694. The van der Waals surface area contributed by atoms with E-state index in [-0.39, 0.29) is 11.5 Å². The summed E-state index contributed by atoms with van der Waals surface area (Å²) in [5, 5.41) is 6.31. The van der Waals surface area contributed by atoms with E-state index in [0.717, 1.165) is 24.5 Å². The van der Waals surface area contributed by atoms with Gasteiger partial charge in [-0.05, 0) is 23.9 Å². The fraction of sp³-hybridized carbons (Fsp3) is 0.389. The molecule has 3 aromatic heterocycles. The van der Waals surface area contributed by atoms with Crippen LogP contribution in [0.15, 0.2) is 36.0 Å². The number of hydrogen-bond donors (Lipinski definition) is 0. The summed E-state index contributed by atoms with van der Waals surface area (Å²) >= 11 is 1.71. The van der Waals surface area contributed by atoms with Gasteiger partial charge >= 0.3 is 0 Å². The summed E-state index contributed by atoms with van der Waals surface area (Å²) < 4.78 is 10.1. The number of amides is 1. The molecule has 1 atom stereocenters. The van der Waals surface area contributed by atoms with E-state index in [2.05, 4.69) is 32.2 Å². The Morgan fingerprint density at radius 3 is 3.04 bits per heavy atom. The summed E-state index contributed by atoms with van der Waals surface area (Å²) in [6.45, 7) is 2.48. The molecule has 2 aliphatic heterocycles. The van der Waals surface area contributed by atoms with Crippen molar-refractivity contribution >= 4 is 17.2 Å². The Morgan fingerprint density at radius 2 is 2.27 bits per heavy atom. The molecule has 5 heterocycles. The smallest absolute Gasteiger partial charge is 0.274 e. The average Bonchev–Trinajstić information content (AvgIpc) is 3.41. The third-order valence-corrected chi connectivity index (χ3v) is 6.09. The van der Waals surface area contributed by atoms with Crippen LogP contribution in [0.5, 0.6) is 0 Å². The van der Waals surface area contributed by atoms with Crippen LogP contribution in [0.3, 0.4) is 0 Å². The molecule has 1 amide bonds. The minimum absolute atomic E-state index is 0.0269. The van der Waals surface area contributed by atoms with Gasteiger partial charge in [0, 0.05) is 19.8 Å². The second-order valence-electron chi connectivity index (χ2n) is 6.95. The highest BCUT2D eigenvalue weighted by atomic mass is 32.1. The van der Waals surface area contributed by atoms with Crippen molar-refractivity contribution in [2.24, 2.45) is 7.05 Å². The van der Waals surface area contributed by atoms with E-state index in [9.17, 15) is 4.79 Å². The lowest BCUT2D eigenvalue weighted by Crippen LogP contribution is -2.45. The second-order valence-corrected chi connectivity index (χ2v) is 7.89. The number of carbonyl (C=O) groups excluding carboxylic acids is 1.